The highest BCUT2D eigenvalue weighted by Crippen LogP contribution is 2.38. The molecule has 5 rings (SSSR count). The molecule has 2 aliphatic rings. The Bertz CT molecular complexity index is 1210. The summed E-state index contributed by atoms with van der Waals surface area (Å²) >= 11 is 0. The summed E-state index contributed by atoms with van der Waals surface area (Å²) in [6.07, 6.45) is 0.710. The van der Waals surface area contributed by atoms with Crippen LogP contribution in [0.5, 0.6) is 17.2 Å². The lowest BCUT2D eigenvalue weighted by Gasteiger charge is -2.35. The molecule has 3 aromatic rings. The van der Waals surface area contributed by atoms with Crippen LogP contribution in [0.2, 0.25) is 0 Å². The molecule has 34 heavy (non-hydrogen) atoms. The summed E-state index contributed by atoms with van der Waals surface area (Å²) in [6.45, 7) is 1.10. The fourth-order valence-electron chi connectivity index (χ4n) is 4.38. The van der Waals surface area contributed by atoms with Crippen molar-refractivity contribution in [3.05, 3.63) is 89.0 Å². The number of esters is 1. The van der Waals surface area contributed by atoms with E-state index >= 15 is 0 Å². The minimum Gasteiger partial charge on any atom is -0.489 e. The van der Waals surface area contributed by atoms with Gasteiger partial charge in [0.25, 0.3) is 5.91 Å². The number of benzene rings is 3. The smallest absolute Gasteiger partial charge is 0.307 e. The molecule has 0 N–H and O–H groups in total. The monoisotopic (exact) mass is 459 g/mol. The van der Waals surface area contributed by atoms with E-state index in [1.54, 1.807) is 17.0 Å². The van der Waals surface area contributed by atoms with E-state index in [1.807, 2.05) is 54.6 Å². The van der Waals surface area contributed by atoms with Crippen molar-refractivity contribution in [3.63, 3.8) is 0 Å². The molecule has 0 bridgehead atoms. The number of nitrogens with zero attached hydrogens (tertiary/aromatic N) is 1. The molecule has 0 aliphatic carbocycles. The lowest BCUT2D eigenvalue weighted by atomic mass is 9.94. The molecule has 0 saturated carbocycles. The molecule has 0 fully saturated rings. The third-order valence-corrected chi connectivity index (χ3v) is 6.18. The highest BCUT2D eigenvalue weighted by Gasteiger charge is 2.33. The van der Waals surface area contributed by atoms with Crippen molar-refractivity contribution < 1.29 is 28.5 Å². The molecule has 0 spiro atoms. The standard InChI is InChI=1S/C27H25NO6/c1-31-26(29)15-23(20-7-10-24-25(14-20)34-17-33-24)28-12-11-19-13-21(8-9-22(19)27(28)30)32-16-18-5-3-2-4-6-18/h2-10,13-14,23H,11-12,15-17H2,1H3. The second-order valence-electron chi connectivity index (χ2n) is 8.25. The van der Waals surface area contributed by atoms with E-state index in [4.69, 9.17) is 18.9 Å². The van der Waals surface area contributed by atoms with Crippen molar-refractivity contribution in [2.45, 2.75) is 25.5 Å². The van der Waals surface area contributed by atoms with Crippen molar-refractivity contribution >= 4 is 11.9 Å². The molecule has 7 nitrogen and oxygen atoms in total. The Balaban J connectivity index is 1.37. The average Bonchev–Trinajstić information content (AvgIpc) is 3.35. The highest BCUT2D eigenvalue weighted by atomic mass is 16.7. The summed E-state index contributed by atoms with van der Waals surface area (Å²) < 4.78 is 21.8. The van der Waals surface area contributed by atoms with Gasteiger partial charge in [-0.2, -0.15) is 0 Å². The predicted molar refractivity (Wildman–Crippen MR) is 124 cm³/mol. The van der Waals surface area contributed by atoms with Gasteiger partial charge < -0.3 is 23.8 Å². The first-order chi connectivity index (χ1) is 16.6. The summed E-state index contributed by atoms with van der Waals surface area (Å²) in [5, 5.41) is 0. The van der Waals surface area contributed by atoms with Crippen LogP contribution in [0.4, 0.5) is 0 Å². The number of ether oxygens (including phenoxy) is 4. The van der Waals surface area contributed by atoms with Gasteiger partial charge in [-0.15, -0.1) is 0 Å². The van der Waals surface area contributed by atoms with Gasteiger partial charge in [0.1, 0.15) is 12.4 Å². The molecule has 1 unspecified atom stereocenters. The van der Waals surface area contributed by atoms with E-state index in [2.05, 4.69) is 0 Å². The summed E-state index contributed by atoms with van der Waals surface area (Å²) in [4.78, 5) is 27.5. The van der Waals surface area contributed by atoms with Crippen LogP contribution in [0, 0.1) is 0 Å². The number of fused-ring (bicyclic) bond motifs is 2. The number of rotatable bonds is 7. The predicted octanol–water partition coefficient (Wildman–Crippen LogP) is 4.30. The zero-order chi connectivity index (χ0) is 23.5. The Morgan fingerprint density at radius 3 is 2.68 bits per heavy atom. The fourth-order valence-corrected chi connectivity index (χ4v) is 4.38. The molecule has 174 valence electrons. The fraction of sp³-hybridized carbons (Fsp3) is 0.259. The lowest BCUT2D eigenvalue weighted by molar-refractivity contribution is -0.141. The second-order valence-corrected chi connectivity index (χ2v) is 8.25. The third kappa shape index (κ3) is 4.41. The Morgan fingerprint density at radius 2 is 1.85 bits per heavy atom. The lowest BCUT2D eigenvalue weighted by Crippen LogP contribution is -2.41. The van der Waals surface area contributed by atoms with Gasteiger partial charge in [0.15, 0.2) is 11.5 Å². The van der Waals surface area contributed by atoms with Crippen molar-refractivity contribution in [2.75, 3.05) is 20.4 Å². The van der Waals surface area contributed by atoms with E-state index in [9.17, 15) is 9.59 Å². The van der Waals surface area contributed by atoms with Crippen molar-refractivity contribution in [1.29, 1.82) is 0 Å². The van der Waals surface area contributed by atoms with Crippen molar-refractivity contribution in [2.24, 2.45) is 0 Å². The largest absolute Gasteiger partial charge is 0.489 e. The number of carbonyl (C=O) groups excluding carboxylic acids is 2. The van der Waals surface area contributed by atoms with E-state index in [0.717, 1.165) is 22.4 Å². The first kappa shape index (κ1) is 21.8. The zero-order valence-electron chi connectivity index (χ0n) is 18.9. The molecule has 7 heteroatoms. The van der Waals surface area contributed by atoms with Crippen LogP contribution in [0.1, 0.15) is 39.5 Å². The van der Waals surface area contributed by atoms with Gasteiger partial charge in [-0.3, -0.25) is 9.59 Å². The summed E-state index contributed by atoms with van der Waals surface area (Å²) in [5.41, 5.74) is 3.44. The highest BCUT2D eigenvalue weighted by molar-refractivity contribution is 5.97. The van der Waals surface area contributed by atoms with Crippen LogP contribution in [0.15, 0.2) is 66.7 Å². The molecule has 1 atom stereocenters. The first-order valence-corrected chi connectivity index (χ1v) is 11.2. The number of carbonyl (C=O) groups is 2. The van der Waals surface area contributed by atoms with Crippen LogP contribution >= 0.6 is 0 Å². The van der Waals surface area contributed by atoms with E-state index in [-0.39, 0.29) is 25.1 Å². The van der Waals surface area contributed by atoms with Crippen LogP contribution in [0.25, 0.3) is 0 Å². The molecule has 3 aromatic carbocycles. The Labute approximate surface area is 197 Å². The van der Waals surface area contributed by atoms with Crippen LogP contribution in [-0.4, -0.2) is 37.2 Å². The second kappa shape index (κ2) is 9.47. The normalized spacial score (nSPS) is 15.0. The molecule has 1 amide bonds. The Morgan fingerprint density at radius 1 is 1.03 bits per heavy atom. The number of hydrogen-bond donors (Lipinski definition) is 0. The van der Waals surface area contributed by atoms with E-state index in [1.165, 1.54) is 7.11 Å². The van der Waals surface area contributed by atoms with Gasteiger partial charge in [0, 0.05) is 12.1 Å². The van der Waals surface area contributed by atoms with E-state index < -0.39 is 6.04 Å². The zero-order valence-corrected chi connectivity index (χ0v) is 18.9. The number of hydrogen-bond acceptors (Lipinski definition) is 6. The molecular formula is C27H25NO6. The van der Waals surface area contributed by atoms with Crippen molar-refractivity contribution in [1.82, 2.24) is 4.90 Å². The summed E-state index contributed by atoms with van der Waals surface area (Å²) in [5.74, 6) is 1.48. The molecule has 2 aliphatic heterocycles. The van der Waals surface area contributed by atoms with Gasteiger partial charge in [0.05, 0.1) is 19.6 Å². The molecular weight excluding hydrogens is 434 g/mol. The maximum absolute atomic E-state index is 13.5. The topological polar surface area (TPSA) is 74.3 Å². The van der Waals surface area contributed by atoms with Gasteiger partial charge in [-0.25, -0.2) is 0 Å². The maximum atomic E-state index is 13.5. The van der Waals surface area contributed by atoms with Crippen LogP contribution in [-0.2, 0) is 22.6 Å². The minimum atomic E-state index is -0.475. The minimum absolute atomic E-state index is 0.0511. The average molecular weight is 459 g/mol. The van der Waals surface area contributed by atoms with Gasteiger partial charge in [0.2, 0.25) is 6.79 Å². The first-order valence-electron chi connectivity index (χ1n) is 11.2. The third-order valence-electron chi connectivity index (χ3n) is 6.18. The maximum Gasteiger partial charge on any atom is 0.307 e. The Kier molecular flexibility index (Phi) is 6.08. The van der Waals surface area contributed by atoms with Gasteiger partial charge >= 0.3 is 5.97 Å². The van der Waals surface area contributed by atoms with Crippen LogP contribution in [0.3, 0.4) is 0 Å². The van der Waals surface area contributed by atoms with Crippen LogP contribution < -0.4 is 14.2 Å². The quantitative estimate of drug-likeness (QED) is 0.491. The molecule has 0 radical (unpaired) electrons. The SMILES string of the molecule is COC(=O)CC(c1ccc2c(c1)OCO2)N1CCc2cc(OCc3ccccc3)ccc2C1=O. The number of methoxy groups -OCH3 is 1. The molecule has 2 heterocycles. The van der Waals surface area contributed by atoms with Gasteiger partial charge in [-0.1, -0.05) is 36.4 Å². The summed E-state index contributed by atoms with van der Waals surface area (Å²) in [7, 11) is 1.35. The summed E-state index contributed by atoms with van der Waals surface area (Å²) in [6, 6.07) is 20.5. The molecule has 0 saturated heterocycles. The number of amides is 1. The van der Waals surface area contributed by atoms with Crippen molar-refractivity contribution in [3.8, 4) is 17.2 Å². The van der Waals surface area contributed by atoms with E-state index in [0.29, 0.717) is 36.6 Å². The molecule has 0 aromatic heterocycles. The van der Waals surface area contributed by atoms with Gasteiger partial charge in [-0.05, 0) is 53.4 Å². The Hall–Kier alpha value is -4.00.